The molecule has 0 saturated carbocycles. The van der Waals surface area contributed by atoms with E-state index < -0.39 is 14.6 Å². The van der Waals surface area contributed by atoms with E-state index in [4.69, 9.17) is 11.6 Å². The molecule has 0 aliphatic carbocycles. The molecule has 0 aromatic heterocycles. The third-order valence-electron chi connectivity index (χ3n) is 4.10. The molecule has 22 heavy (non-hydrogen) atoms. The Kier molecular flexibility index (Phi) is 4.84. The van der Waals surface area contributed by atoms with Crippen LogP contribution in [-0.2, 0) is 14.6 Å². The molecule has 0 radical (unpaired) electrons. The van der Waals surface area contributed by atoms with Gasteiger partial charge in [0.1, 0.15) is 4.75 Å². The highest BCUT2D eigenvalue weighted by Crippen LogP contribution is 2.28. The van der Waals surface area contributed by atoms with Gasteiger partial charge in [-0.2, -0.15) is 0 Å². The van der Waals surface area contributed by atoms with E-state index in [2.05, 4.69) is 4.90 Å². The highest BCUT2D eigenvalue weighted by molar-refractivity contribution is 7.93. The van der Waals surface area contributed by atoms with Crippen molar-refractivity contribution in [3.8, 4) is 0 Å². The molecule has 2 rings (SSSR count). The Balaban J connectivity index is 2.28. The SMILES string of the molecule is CN1CCN(C(=O)C(C)(C)S(=O)(=O)c2ccc(Cl)cc2)CC1. The molecule has 1 aromatic carbocycles. The number of hydrogen-bond donors (Lipinski definition) is 0. The monoisotopic (exact) mass is 344 g/mol. The van der Waals surface area contributed by atoms with E-state index in [9.17, 15) is 13.2 Å². The first-order chi connectivity index (χ1) is 10.2. The molecule has 1 heterocycles. The van der Waals surface area contributed by atoms with Crippen LogP contribution in [0.25, 0.3) is 0 Å². The average molecular weight is 345 g/mol. The average Bonchev–Trinajstić information content (AvgIpc) is 2.47. The third kappa shape index (κ3) is 3.14. The summed E-state index contributed by atoms with van der Waals surface area (Å²) in [5.74, 6) is -0.351. The Morgan fingerprint density at radius 2 is 1.59 bits per heavy atom. The van der Waals surface area contributed by atoms with Crippen LogP contribution < -0.4 is 0 Å². The van der Waals surface area contributed by atoms with Gasteiger partial charge in [-0.15, -0.1) is 0 Å². The Labute approximate surface area is 136 Å². The normalized spacial score (nSPS) is 17.5. The number of halogens is 1. The fourth-order valence-electron chi connectivity index (χ4n) is 2.41. The Morgan fingerprint density at radius 3 is 2.09 bits per heavy atom. The fraction of sp³-hybridized carbons (Fsp3) is 0.533. The van der Waals surface area contributed by atoms with Crippen LogP contribution >= 0.6 is 11.6 Å². The summed E-state index contributed by atoms with van der Waals surface area (Å²) in [7, 11) is -1.80. The number of carbonyl (C=O) groups excluding carboxylic acids is 1. The number of piperazine rings is 1. The van der Waals surface area contributed by atoms with Gasteiger partial charge in [0.25, 0.3) is 0 Å². The maximum Gasteiger partial charge on any atom is 0.243 e. The molecule has 122 valence electrons. The molecular formula is C15H21ClN2O3S. The number of likely N-dealkylation sites (N-methyl/N-ethyl adjacent to an activating group) is 1. The number of sulfone groups is 1. The van der Waals surface area contributed by atoms with Gasteiger partial charge in [-0.1, -0.05) is 11.6 Å². The van der Waals surface area contributed by atoms with Crippen molar-refractivity contribution in [2.75, 3.05) is 33.2 Å². The van der Waals surface area contributed by atoms with Gasteiger partial charge in [-0.3, -0.25) is 4.79 Å². The van der Waals surface area contributed by atoms with Crippen molar-refractivity contribution in [1.29, 1.82) is 0 Å². The summed E-state index contributed by atoms with van der Waals surface area (Å²) in [6, 6.07) is 5.92. The van der Waals surface area contributed by atoms with Crippen LogP contribution in [0.3, 0.4) is 0 Å². The number of amides is 1. The van der Waals surface area contributed by atoms with Crippen LogP contribution in [0.5, 0.6) is 0 Å². The van der Waals surface area contributed by atoms with Crippen LogP contribution in [-0.4, -0.2) is 62.1 Å². The zero-order valence-corrected chi connectivity index (χ0v) is 14.6. The third-order valence-corrected chi connectivity index (χ3v) is 6.76. The minimum Gasteiger partial charge on any atom is -0.339 e. The molecule has 1 fully saturated rings. The highest BCUT2D eigenvalue weighted by atomic mass is 35.5. The summed E-state index contributed by atoms with van der Waals surface area (Å²) in [5.41, 5.74) is 0. The van der Waals surface area contributed by atoms with Gasteiger partial charge in [0, 0.05) is 31.2 Å². The van der Waals surface area contributed by atoms with Gasteiger partial charge in [-0.25, -0.2) is 8.42 Å². The predicted octanol–water partition coefficient (Wildman–Crippen LogP) is 1.67. The zero-order chi connectivity index (χ0) is 16.5. The lowest BCUT2D eigenvalue weighted by molar-refractivity contribution is -0.134. The van der Waals surface area contributed by atoms with Gasteiger partial charge in [0.15, 0.2) is 9.84 Å². The smallest absolute Gasteiger partial charge is 0.243 e. The summed E-state index contributed by atoms with van der Waals surface area (Å²) in [6.45, 7) is 5.55. The number of carbonyl (C=O) groups is 1. The van der Waals surface area contributed by atoms with Crippen molar-refractivity contribution in [2.24, 2.45) is 0 Å². The summed E-state index contributed by atoms with van der Waals surface area (Å²) in [5, 5.41) is 0.460. The lowest BCUT2D eigenvalue weighted by atomic mass is 10.1. The van der Waals surface area contributed by atoms with Crippen LogP contribution in [0.15, 0.2) is 29.2 Å². The lowest BCUT2D eigenvalue weighted by Crippen LogP contribution is -2.55. The van der Waals surface area contributed by atoms with E-state index in [1.807, 2.05) is 7.05 Å². The molecule has 0 unspecified atom stereocenters. The second-order valence-corrected chi connectivity index (χ2v) is 9.00. The molecular weight excluding hydrogens is 324 g/mol. The van der Waals surface area contributed by atoms with E-state index in [0.717, 1.165) is 13.1 Å². The Bertz CT molecular complexity index is 648. The molecule has 1 aliphatic rings. The summed E-state index contributed by atoms with van der Waals surface area (Å²) in [4.78, 5) is 16.6. The minimum atomic E-state index is -3.78. The predicted molar refractivity (Wildman–Crippen MR) is 86.8 cm³/mol. The quantitative estimate of drug-likeness (QED) is 0.837. The van der Waals surface area contributed by atoms with Gasteiger partial charge in [0.2, 0.25) is 5.91 Å². The van der Waals surface area contributed by atoms with Gasteiger partial charge < -0.3 is 9.80 Å². The molecule has 1 saturated heterocycles. The van der Waals surface area contributed by atoms with Crippen LogP contribution in [0.4, 0.5) is 0 Å². The molecule has 0 bridgehead atoms. The molecule has 1 aromatic rings. The summed E-state index contributed by atoms with van der Waals surface area (Å²) < 4.78 is 24.1. The van der Waals surface area contributed by atoms with Crippen molar-refractivity contribution < 1.29 is 13.2 Å². The second kappa shape index (κ2) is 6.18. The topological polar surface area (TPSA) is 57.7 Å². The Morgan fingerprint density at radius 1 is 1.09 bits per heavy atom. The first-order valence-electron chi connectivity index (χ1n) is 7.14. The molecule has 5 nitrogen and oxygen atoms in total. The molecule has 0 atom stereocenters. The van der Waals surface area contributed by atoms with Crippen molar-refractivity contribution in [3.63, 3.8) is 0 Å². The number of rotatable bonds is 3. The number of benzene rings is 1. The zero-order valence-electron chi connectivity index (χ0n) is 13.0. The summed E-state index contributed by atoms with van der Waals surface area (Å²) in [6.07, 6.45) is 0. The number of nitrogens with zero attached hydrogens (tertiary/aromatic N) is 2. The first kappa shape index (κ1) is 17.2. The molecule has 0 N–H and O–H groups in total. The molecule has 0 spiro atoms. The maximum atomic E-state index is 12.8. The van der Waals surface area contributed by atoms with Gasteiger partial charge in [0.05, 0.1) is 4.90 Å². The van der Waals surface area contributed by atoms with E-state index in [1.165, 1.54) is 38.1 Å². The number of hydrogen-bond acceptors (Lipinski definition) is 4. The maximum absolute atomic E-state index is 12.8. The van der Waals surface area contributed by atoms with Crippen LogP contribution in [0.2, 0.25) is 5.02 Å². The van der Waals surface area contributed by atoms with Crippen molar-refractivity contribution >= 4 is 27.3 Å². The Hall–Kier alpha value is -1.11. The van der Waals surface area contributed by atoms with Crippen molar-refractivity contribution in [1.82, 2.24) is 9.80 Å². The summed E-state index contributed by atoms with van der Waals surface area (Å²) >= 11 is 5.80. The van der Waals surface area contributed by atoms with E-state index in [1.54, 1.807) is 4.90 Å². The van der Waals surface area contributed by atoms with Crippen LogP contribution in [0, 0.1) is 0 Å². The fourth-order valence-corrected chi connectivity index (χ4v) is 3.98. The molecule has 1 aliphatic heterocycles. The molecule has 1 amide bonds. The van der Waals surface area contributed by atoms with E-state index in [-0.39, 0.29) is 10.8 Å². The standard InChI is InChI=1S/C15H21ClN2O3S/c1-15(2,14(19)18-10-8-17(3)9-11-18)22(20,21)13-6-4-12(16)5-7-13/h4-7H,8-11H2,1-3H3. The van der Waals surface area contributed by atoms with E-state index >= 15 is 0 Å². The van der Waals surface area contributed by atoms with Crippen LogP contribution in [0.1, 0.15) is 13.8 Å². The van der Waals surface area contributed by atoms with Gasteiger partial charge in [-0.05, 0) is 45.2 Å². The molecule has 7 heteroatoms. The highest BCUT2D eigenvalue weighted by Gasteiger charge is 2.45. The second-order valence-electron chi connectivity index (χ2n) is 6.06. The van der Waals surface area contributed by atoms with Gasteiger partial charge >= 0.3 is 0 Å². The largest absolute Gasteiger partial charge is 0.339 e. The van der Waals surface area contributed by atoms with Crippen molar-refractivity contribution in [3.05, 3.63) is 29.3 Å². The minimum absolute atomic E-state index is 0.115. The van der Waals surface area contributed by atoms with E-state index in [0.29, 0.717) is 18.1 Å². The van der Waals surface area contributed by atoms with Crippen molar-refractivity contribution in [2.45, 2.75) is 23.5 Å². The first-order valence-corrected chi connectivity index (χ1v) is 9.00. The lowest BCUT2D eigenvalue weighted by Gasteiger charge is -2.37.